The lowest BCUT2D eigenvalue weighted by Crippen LogP contribution is -2.44. The van der Waals surface area contributed by atoms with Crippen molar-refractivity contribution in [3.05, 3.63) is 45.8 Å². The summed E-state index contributed by atoms with van der Waals surface area (Å²) in [6.45, 7) is 4.82. The first kappa shape index (κ1) is 19.2. The van der Waals surface area contributed by atoms with Crippen LogP contribution in [-0.4, -0.2) is 30.6 Å². The molecule has 2 N–H and O–H groups in total. The Morgan fingerprint density at radius 1 is 1.23 bits per heavy atom. The van der Waals surface area contributed by atoms with Gasteiger partial charge in [-0.05, 0) is 32.4 Å². The van der Waals surface area contributed by atoms with Gasteiger partial charge in [0, 0.05) is 12.1 Å². The van der Waals surface area contributed by atoms with Gasteiger partial charge in [-0.3, -0.25) is 14.9 Å². The quantitative estimate of drug-likeness (QED) is 0.787. The second kappa shape index (κ2) is 8.28. The van der Waals surface area contributed by atoms with Crippen molar-refractivity contribution in [1.82, 2.24) is 10.6 Å². The number of imide groups is 1. The summed E-state index contributed by atoms with van der Waals surface area (Å²) in [6.07, 6.45) is 0.705. The fourth-order valence-electron chi connectivity index (χ4n) is 2.10. The summed E-state index contributed by atoms with van der Waals surface area (Å²) >= 11 is 0. The Balaban J connectivity index is 1.99. The SMILES string of the molecule is CC[C@@H](C)NC(=O)NC(=O)COC(=O)c1cc(=O)c2cc(C)ccc2o1. The number of fused-ring (bicyclic) bond motifs is 1. The number of hydrogen-bond donors (Lipinski definition) is 2. The molecule has 0 radical (unpaired) electrons. The summed E-state index contributed by atoms with van der Waals surface area (Å²) in [5.74, 6) is -2.08. The Hall–Kier alpha value is -3.16. The van der Waals surface area contributed by atoms with Crippen LogP contribution in [0.25, 0.3) is 11.0 Å². The molecule has 138 valence electrons. The van der Waals surface area contributed by atoms with E-state index in [1.165, 1.54) is 0 Å². The number of ether oxygens (including phenoxy) is 1. The molecule has 1 atom stereocenters. The average molecular weight is 360 g/mol. The predicted molar refractivity (Wildman–Crippen MR) is 93.9 cm³/mol. The third kappa shape index (κ3) is 4.92. The van der Waals surface area contributed by atoms with Crippen LogP contribution >= 0.6 is 0 Å². The predicted octanol–water partition coefficient (Wildman–Crippen LogP) is 1.88. The zero-order chi connectivity index (χ0) is 19.3. The van der Waals surface area contributed by atoms with Gasteiger partial charge in [0.25, 0.3) is 5.91 Å². The Kier molecular flexibility index (Phi) is 6.11. The topological polar surface area (TPSA) is 115 Å². The van der Waals surface area contributed by atoms with E-state index in [9.17, 15) is 19.2 Å². The third-order valence-corrected chi connectivity index (χ3v) is 3.66. The second-order valence-electron chi connectivity index (χ2n) is 5.88. The molecule has 0 saturated carbocycles. The van der Waals surface area contributed by atoms with Gasteiger partial charge in [-0.25, -0.2) is 9.59 Å². The average Bonchev–Trinajstić information content (AvgIpc) is 2.59. The summed E-state index contributed by atoms with van der Waals surface area (Å²) in [6, 6.07) is 5.21. The van der Waals surface area contributed by atoms with Gasteiger partial charge in [-0.1, -0.05) is 18.6 Å². The lowest BCUT2D eigenvalue weighted by atomic mass is 10.1. The molecule has 8 nitrogen and oxygen atoms in total. The maximum atomic E-state index is 12.1. The molecule has 0 saturated heterocycles. The van der Waals surface area contributed by atoms with E-state index in [0.717, 1.165) is 11.6 Å². The molecule has 26 heavy (non-hydrogen) atoms. The van der Waals surface area contributed by atoms with Gasteiger partial charge in [-0.15, -0.1) is 0 Å². The molecule has 0 aliphatic heterocycles. The highest BCUT2D eigenvalue weighted by Crippen LogP contribution is 2.14. The van der Waals surface area contributed by atoms with E-state index in [1.54, 1.807) is 25.1 Å². The number of nitrogens with one attached hydrogen (secondary N) is 2. The monoisotopic (exact) mass is 360 g/mol. The number of esters is 1. The van der Waals surface area contributed by atoms with E-state index in [4.69, 9.17) is 9.15 Å². The largest absolute Gasteiger partial charge is 0.450 e. The molecule has 0 fully saturated rings. The smallest absolute Gasteiger partial charge is 0.374 e. The lowest BCUT2D eigenvalue weighted by molar-refractivity contribution is -0.123. The summed E-state index contributed by atoms with van der Waals surface area (Å²) in [5.41, 5.74) is 0.735. The van der Waals surface area contributed by atoms with Gasteiger partial charge in [0.15, 0.2) is 12.0 Å². The van der Waals surface area contributed by atoms with Crippen LogP contribution in [0.3, 0.4) is 0 Å². The third-order valence-electron chi connectivity index (χ3n) is 3.66. The number of carbonyl (C=O) groups excluding carboxylic acids is 3. The molecular weight excluding hydrogens is 340 g/mol. The first-order valence-electron chi connectivity index (χ1n) is 8.12. The maximum Gasteiger partial charge on any atom is 0.374 e. The number of aryl methyl sites for hydroxylation is 1. The fourth-order valence-corrected chi connectivity index (χ4v) is 2.10. The van der Waals surface area contributed by atoms with Gasteiger partial charge in [-0.2, -0.15) is 0 Å². The van der Waals surface area contributed by atoms with Crippen molar-refractivity contribution in [3.8, 4) is 0 Å². The number of carbonyl (C=O) groups is 3. The molecule has 2 rings (SSSR count). The first-order valence-corrected chi connectivity index (χ1v) is 8.12. The number of hydrogen-bond acceptors (Lipinski definition) is 6. The molecule has 0 bridgehead atoms. The fraction of sp³-hybridized carbons (Fsp3) is 0.333. The van der Waals surface area contributed by atoms with E-state index < -0.39 is 24.5 Å². The number of benzene rings is 1. The highest BCUT2D eigenvalue weighted by Gasteiger charge is 2.17. The van der Waals surface area contributed by atoms with Crippen LogP contribution in [-0.2, 0) is 9.53 Å². The molecular formula is C18H20N2O6. The van der Waals surface area contributed by atoms with E-state index in [-0.39, 0.29) is 22.8 Å². The molecule has 0 aliphatic carbocycles. The Morgan fingerprint density at radius 2 is 1.96 bits per heavy atom. The Bertz CT molecular complexity index is 902. The second-order valence-corrected chi connectivity index (χ2v) is 5.88. The standard InChI is InChI=1S/C18H20N2O6/c1-4-11(3)19-18(24)20-16(22)9-25-17(23)15-8-13(21)12-7-10(2)5-6-14(12)26-15/h5-8,11H,4,9H2,1-3H3,(H2,19,20,22,24)/t11-/m1/s1. The summed E-state index contributed by atoms with van der Waals surface area (Å²) in [5, 5.41) is 4.93. The molecule has 1 aromatic heterocycles. The zero-order valence-electron chi connectivity index (χ0n) is 14.8. The summed E-state index contributed by atoms with van der Waals surface area (Å²) in [7, 11) is 0. The normalized spacial score (nSPS) is 11.7. The van der Waals surface area contributed by atoms with Gasteiger partial charge in [0.05, 0.1) is 5.39 Å². The van der Waals surface area contributed by atoms with Crippen LogP contribution in [0.1, 0.15) is 36.4 Å². The lowest BCUT2D eigenvalue weighted by Gasteiger charge is -2.11. The van der Waals surface area contributed by atoms with Crippen LogP contribution in [0.2, 0.25) is 0 Å². The van der Waals surface area contributed by atoms with Gasteiger partial charge in [0.2, 0.25) is 5.76 Å². The van der Waals surface area contributed by atoms with E-state index >= 15 is 0 Å². The Labute approximate surface area is 149 Å². The van der Waals surface area contributed by atoms with Crippen LogP contribution in [0, 0.1) is 6.92 Å². The first-order chi connectivity index (χ1) is 12.3. The molecule has 3 amide bonds. The van der Waals surface area contributed by atoms with Gasteiger partial charge >= 0.3 is 12.0 Å². The van der Waals surface area contributed by atoms with Crippen LogP contribution in [0.15, 0.2) is 33.5 Å². The molecule has 2 aromatic rings. The molecule has 8 heteroatoms. The molecule has 0 spiro atoms. The minimum Gasteiger partial charge on any atom is -0.450 e. The van der Waals surface area contributed by atoms with Gasteiger partial charge < -0.3 is 14.5 Å². The van der Waals surface area contributed by atoms with Crippen molar-refractivity contribution in [2.24, 2.45) is 0 Å². The highest BCUT2D eigenvalue weighted by atomic mass is 16.5. The minimum atomic E-state index is -0.970. The molecule has 0 unspecified atom stereocenters. The minimum absolute atomic E-state index is 0.0964. The van der Waals surface area contributed by atoms with Crippen molar-refractivity contribution in [2.45, 2.75) is 33.2 Å². The van der Waals surface area contributed by atoms with Crippen LogP contribution in [0.5, 0.6) is 0 Å². The molecule has 0 aliphatic rings. The Morgan fingerprint density at radius 3 is 2.65 bits per heavy atom. The summed E-state index contributed by atoms with van der Waals surface area (Å²) in [4.78, 5) is 47.2. The maximum absolute atomic E-state index is 12.1. The van der Waals surface area contributed by atoms with E-state index in [1.807, 2.05) is 19.2 Å². The summed E-state index contributed by atoms with van der Waals surface area (Å²) < 4.78 is 10.1. The highest BCUT2D eigenvalue weighted by molar-refractivity contribution is 5.96. The molecule has 1 aromatic carbocycles. The van der Waals surface area contributed by atoms with Crippen molar-refractivity contribution in [1.29, 1.82) is 0 Å². The van der Waals surface area contributed by atoms with Crippen molar-refractivity contribution in [2.75, 3.05) is 6.61 Å². The van der Waals surface area contributed by atoms with Crippen molar-refractivity contribution >= 4 is 28.9 Å². The van der Waals surface area contributed by atoms with E-state index in [0.29, 0.717) is 11.8 Å². The van der Waals surface area contributed by atoms with Crippen LogP contribution < -0.4 is 16.1 Å². The van der Waals surface area contributed by atoms with Gasteiger partial charge in [0.1, 0.15) is 5.58 Å². The zero-order valence-corrected chi connectivity index (χ0v) is 14.8. The van der Waals surface area contributed by atoms with Crippen LogP contribution in [0.4, 0.5) is 4.79 Å². The molecule has 1 heterocycles. The number of amides is 3. The number of urea groups is 1. The van der Waals surface area contributed by atoms with Crippen molar-refractivity contribution < 1.29 is 23.5 Å². The van der Waals surface area contributed by atoms with E-state index in [2.05, 4.69) is 5.32 Å². The van der Waals surface area contributed by atoms with Crippen molar-refractivity contribution in [3.63, 3.8) is 0 Å². The number of rotatable bonds is 5.